The Hall–Kier alpha value is -0.570. The first-order chi connectivity index (χ1) is 2.64. The lowest BCUT2D eigenvalue weighted by atomic mass is 10.4. The highest BCUT2D eigenvalue weighted by atomic mass is 16.1. The predicted octanol–water partition coefficient (Wildman–Crippen LogP) is -0.857. The normalized spacial score (nSPS) is 13.7. The molecule has 0 aliphatic heterocycles. The predicted molar refractivity (Wildman–Crippen MR) is 21.8 cm³/mol. The lowest BCUT2D eigenvalue weighted by molar-refractivity contribution is -0.119. The Morgan fingerprint density at radius 1 is 2.00 bits per heavy atom. The van der Waals surface area contributed by atoms with E-state index < -0.39 is 11.9 Å². The lowest BCUT2D eigenvalue weighted by Crippen LogP contribution is -2.26. The highest BCUT2D eigenvalue weighted by molar-refractivity contribution is 5.78. The summed E-state index contributed by atoms with van der Waals surface area (Å²) in [4.78, 5) is 9.69. The van der Waals surface area contributed by atoms with Crippen LogP contribution in [-0.4, -0.2) is 11.9 Å². The number of carbonyl (C=O) groups excluding carboxylic acids is 1. The van der Waals surface area contributed by atoms with E-state index >= 15 is 0 Å². The third kappa shape index (κ3) is 1.72. The summed E-state index contributed by atoms with van der Waals surface area (Å²) >= 11 is 0. The molecule has 3 nitrogen and oxygen atoms in total. The van der Waals surface area contributed by atoms with Crippen LogP contribution in [0, 0.1) is 0 Å². The minimum Gasteiger partial charge on any atom is -0.320 e. The summed E-state index contributed by atoms with van der Waals surface area (Å²) in [7, 11) is 0. The average molecular weight is 87.1 g/mol. The fraction of sp³-hybridized carbons (Fsp3) is 0.667. The molecule has 0 saturated heterocycles. The first-order valence-electron chi connectivity index (χ1n) is 1.65. The standard InChI is InChI=1S/C3H7N2O/c1-2(4)3(5)6/h2,5H,4H2,1H3/t2-/m0/s1. The number of nitrogens with two attached hydrogens (primary N) is 1. The molecule has 35 valence electrons. The molecule has 6 heavy (non-hydrogen) atoms. The summed E-state index contributed by atoms with van der Waals surface area (Å²) in [6.45, 7) is 1.48. The van der Waals surface area contributed by atoms with Crippen LogP contribution in [0.15, 0.2) is 0 Å². The summed E-state index contributed by atoms with van der Waals surface area (Å²) < 4.78 is 0. The van der Waals surface area contributed by atoms with E-state index in [2.05, 4.69) is 0 Å². The van der Waals surface area contributed by atoms with E-state index in [9.17, 15) is 4.79 Å². The Labute approximate surface area is 36.3 Å². The fourth-order valence-corrected chi connectivity index (χ4v) is 0. The number of rotatable bonds is 1. The zero-order valence-corrected chi connectivity index (χ0v) is 3.56. The van der Waals surface area contributed by atoms with Crippen LogP contribution in [-0.2, 0) is 4.79 Å². The summed E-state index contributed by atoms with van der Waals surface area (Å²) in [5.41, 5.74) is 11.2. The SMILES string of the molecule is C[C@H](N)C([NH])=O. The van der Waals surface area contributed by atoms with E-state index in [4.69, 9.17) is 11.5 Å². The van der Waals surface area contributed by atoms with Gasteiger partial charge in [-0.05, 0) is 6.92 Å². The van der Waals surface area contributed by atoms with Gasteiger partial charge in [0.05, 0.1) is 6.04 Å². The van der Waals surface area contributed by atoms with Crippen molar-refractivity contribution >= 4 is 5.91 Å². The van der Waals surface area contributed by atoms with E-state index in [0.717, 1.165) is 0 Å². The summed E-state index contributed by atoms with van der Waals surface area (Å²) in [5, 5.41) is 0. The van der Waals surface area contributed by atoms with Gasteiger partial charge >= 0.3 is 0 Å². The Bertz CT molecular complexity index is 59.8. The number of hydrogen-bond donors (Lipinski definition) is 1. The molecular weight excluding hydrogens is 80.0 g/mol. The molecule has 0 heterocycles. The highest BCUT2D eigenvalue weighted by Crippen LogP contribution is 1.66. The minimum atomic E-state index is -0.713. The molecule has 0 aliphatic rings. The molecule has 0 aliphatic carbocycles. The van der Waals surface area contributed by atoms with Crippen LogP contribution in [0.5, 0.6) is 0 Å². The van der Waals surface area contributed by atoms with Gasteiger partial charge in [-0.3, -0.25) is 10.5 Å². The summed E-state index contributed by atoms with van der Waals surface area (Å²) in [6, 6.07) is -0.620. The smallest absolute Gasteiger partial charge is 0.254 e. The minimum absolute atomic E-state index is 0.620. The van der Waals surface area contributed by atoms with Gasteiger partial charge in [0.1, 0.15) is 0 Å². The Morgan fingerprint density at radius 2 is 2.17 bits per heavy atom. The summed E-state index contributed by atoms with van der Waals surface area (Å²) in [6.07, 6.45) is 0. The highest BCUT2D eigenvalue weighted by Gasteiger charge is 1.97. The second kappa shape index (κ2) is 1.77. The zero-order chi connectivity index (χ0) is 5.15. The molecule has 0 rings (SSSR count). The third-order valence-electron chi connectivity index (χ3n) is 0.414. The van der Waals surface area contributed by atoms with Crippen molar-refractivity contribution in [2.75, 3.05) is 0 Å². The Morgan fingerprint density at radius 3 is 2.17 bits per heavy atom. The number of amides is 1. The van der Waals surface area contributed by atoms with Crippen molar-refractivity contribution in [3.05, 3.63) is 0 Å². The van der Waals surface area contributed by atoms with Gasteiger partial charge in [0.15, 0.2) is 0 Å². The molecular formula is C3H7N2O. The van der Waals surface area contributed by atoms with Crippen molar-refractivity contribution in [3.8, 4) is 0 Å². The maximum absolute atomic E-state index is 9.69. The molecule has 1 atom stereocenters. The monoisotopic (exact) mass is 87.1 g/mol. The molecule has 1 radical (unpaired) electrons. The van der Waals surface area contributed by atoms with Crippen molar-refractivity contribution in [1.82, 2.24) is 5.73 Å². The van der Waals surface area contributed by atoms with Gasteiger partial charge in [0.2, 0.25) is 0 Å². The molecule has 3 heteroatoms. The second-order valence-electron chi connectivity index (χ2n) is 1.15. The van der Waals surface area contributed by atoms with E-state index in [1.165, 1.54) is 6.92 Å². The van der Waals surface area contributed by atoms with Crippen LogP contribution in [0.25, 0.3) is 0 Å². The van der Waals surface area contributed by atoms with Crippen LogP contribution >= 0.6 is 0 Å². The molecule has 0 unspecified atom stereocenters. The molecule has 1 amide bonds. The maximum atomic E-state index is 9.69. The summed E-state index contributed by atoms with van der Waals surface area (Å²) in [5.74, 6) is -0.713. The van der Waals surface area contributed by atoms with Crippen LogP contribution in [0.1, 0.15) is 6.92 Å². The number of carbonyl (C=O) groups is 1. The largest absolute Gasteiger partial charge is 0.320 e. The molecule has 0 saturated carbocycles. The van der Waals surface area contributed by atoms with Crippen LogP contribution in [0.3, 0.4) is 0 Å². The van der Waals surface area contributed by atoms with Crippen LogP contribution in [0.2, 0.25) is 0 Å². The zero-order valence-electron chi connectivity index (χ0n) is 3.56. The third-order valence-corrected chi connectivity index (χ3v) is 0.414. The maximum Gasteiger partial charge on any atom is 0.254 e. The van der Waals surface area contributed by atoms with Gasteiger partial charge in [-0.25, -0.2) is 0 Å². The van der Waals surface area contributed by atoms with Gasteiger partial charge in [0, 0.05) is 0 Å². The van der Waals surface area contributed by atoms with Gasteiger partial charge in [0.25, 0.3) is 5.91 Å². The van der Waals surface area contributed by atoms with E-state index in [-0.39, 0.29) is 0 Å². The quantitative estimate of drug-likeness (QED) is 0.452. The Kier molecular flexibility index (Phi) is 1.60. The van der Waals surface area contributed by atoms with E-state index in [1.54, 1.807) is 0 Å². The van der Waals surface area contributed by atoms with Gasteiger partial charge in [-0.15, -0.1) is 0 Å². The van der Waals surface area contributed by atoms with Crippen molar-refractivity contribution in [1.29, 1.82) is 0 Å². The second-order valence-corrected chi connectivity index (χ2v) is 1.15. The first kappa shape index (κ1) is 5.43. The Balaban J connectivity index is 3.26. The van der Waals surface area contributed by atoms with Crippen molar-refractivity contribution in [3.63, 3.8) is 0 Å². The number of nitrogens with one attached hydrogen (secondary N) is 1. The van der Waals surface area contributed by atoms with Crippen molar-refractivity contribution in [2.24, 2.45) is 5.73 Å². The van der Waals surface area contributed by atoms with Crippen LogP contribution in [0.4, 0.5) is 0 Å². The van der Waals surface area contributed by atoms with Crippen LogP contribution < -0.4 is 11.5 Å². The molecule has 0 fully saturated rings. The van der Waals surface area contributed by atoms with Crippen molar-refractivity contribution < 1.29 is 4.79 Å². The fourth-order valence-electron chi connectivity index (χ4n) is 0. The van der Waals surface area contributed by atoms with Crippen molar-refractivity contribution in [2.45, 2.75) is 13.0 Å². The first-order valence-corrected chi connectivity index (χ1v) is 1.65. The lowest BCUT2D eigenvalue weighted by Gasteiger charge is -1.90. The van der Waals surface area contributed by atoms with E-state index in [0.29, 0.717) is 0 Å². The van der Waals surface area contributed by atoms with Gasteiger partial charge in [-0.2, -0.15) is 0 Å². The molecule has 0 aromatic rings. The van der Waals surface area contributed by atoms with Gasteiger partial charge in [-0.1, -0.05) is 0 Å². The molecule has 0 spiro atoms. The van der Waals surface area contributed by atoms with Gasteiger partial charge < -0.3 is 5.73 Å². The molecule has 0 bridgehead atoms. The average Bonchev–Trinajstić information content (AvgIpc) is 1.36. The molecule has 0 aromatic carbocycles. The topological polar surface area (TPSA) is 66.9 Å². The van der Waals surface area contributed by atoms with E-state index in [1.807, 2.05) is 0 Å². The molecule has 3 N–H and O–H groups in total. The number of hydrogen-bond acceptors (Lipinski definition) is 2. The molecule has 0 aromatic heterocycles.